The first-order valence-corrected chi connectivity index (χ1v) is 8.59. The molecule has 0 N–H and O–H groups in total. The van der Waals surface area contributed by atoms with Gasteiger partial charge in [0.15, 0.2) is 0 Å². The minimum Gasteiger partial charge on any atom is -0.232 e. The first kappa shape index (κ1) is 14.2. The second-order valence-corrected chi connectivity index (χ2v) is 6.69. The number of benzene rings is 3. The maximum atomic E-state index is 4.59. The second-order valence-electron chi connectivity index (χ2n) is 6.69. The van der Waals surface area contributed by atoms with Crippen molar-refractivity contribution in [2.75, 3.05) is 0 Å². The Morgan fingerprint density at radius 3 is 2.44 bits per heavy atom. The summed E-state index contributed by atoms with van der Waals surface area (Å²) in [6.45, 7) is 4.33. The fourth-order valence-corrected chi connectivity index (χ4v) is 3.89. The number of aromatic nitrogens is 2. The monoisotopic (exact) mass is 322 g/mol. The molecule has 5 aromatic rings. The first-order chi connectivity index (χ1) is 12.2. The van der Waals surface area contributed by atoms with E-state index in [-0.39, 0.29) is 0 Å². The highest BCUT2D eigenvalue weighted by Gasteiger charge is 2.14. The number of aryl methyl sites for hydroxylation is 2. The molecule has 0 fully saturated rings. The zero-order chi connectivity index (χ0) is 17.0. The van der Waals surface area contributed by atoms with Crippen molar-refractivity contribution in [3.05, 3.63) is 84.1 Å². The van der Waals surface area contributed by atoms with E-state index in [1.54, 1.807) is 0 Å². The largest absolute Gasteiger partial charge is 0.232 e. The maximum absolute atomic E-state index is 4.59. The van der Waals surface area contributed by atoms with Gasteiger partial charge in [-0.2, -0.15) is 5.10 Å². The normalized spacial score (nSPS) is 11.6. The van der Waals surface area contributed by atoms with Crippen LogP contribution in [0.15, 0.2) is 72.9 Å². The van der Waals surface area contributed by atoms with E-state index in [9.17, 15) is 0 Å². The van der Waals surface area contributed by atoms with E-state index in [4.69, 9.17) is 0 Å². The van der Waals surface area contributed by atoms with Gasteiger partial charge in [0.1, 0.15) is 0 Å². The SMILES string of the molecule is Cc1ccc2c(c1)c1c(-c3ccccc3C)cccc1n1nccc21. The lowest BCUT2D eigenvalue weighted by Gasteiger charge is -2.14. The number of hydrogen-bond donors (Lipinski definition) is 0. The molecule has 0 saturated heterocycles. The van der Waals surface area contributed by atoms with Crippen LogP contribution in [0.3, 0.4) is 0 Å². The predicted molar refractivity (Wildman–Crippen MR) is 105 cm³/mol. The fourth-order valence-electron chi connectivity index (χ4n) is 3.89. The summed E-state index contributed by atoms with van der Waals surface area (Å²) >= 11 is 0. The van der Waals surface area contributed by atoms with Gasteiger partial charge in [-0.1, -0.05) is 60.2 Å². The molecular formula is C23H18N2. The number of pyridine rings is 1. The van der Waals surface area contributed by atoms with Gasteiger partial charge in [0.2, 0.25) is 0 Å². The van der Waals surface area contributed by atoms with Crippen LogP contribution < -0.4 is 0 Å². The zero-order valence-electron chi connectivity index (χ0n) is 14.3. The smallest absolute Gasteiger partial charge is 0.0747 e. The molecule has 0 atom stereocenters. The van der Waals surface area contributed by atoms with Crippen molar-refractivity contribution in [3.8, 4) is 11.1 Å². The van der Waals surface area contributed by atoms with Gasteiger partial charge in [-0.15, -0.1) is 0 Å². The third kappa shape index (κ3) is 2.01. The van der Waals surface area contributed by atoms with Crippen LogP contribution in [0, 0.1) is 13.8 Å². The molecule has 0 saturated carbocycles. The number of hydrogen-bond acceptors (Lipinski definition) is 1. The molecule has 25 heavy (non-hydrogen) atoms. The second kappa shape index (κ2) is 5.18. The average Bonchev–Trinajstić information content (AvgIpc) is 3.12. The number of fused-ring (bicyclic) bond motifs is 6. The maximum Gasteiger partial charge on any atom is 0.0747 e. The molecular weight excluding hydrogens is 304 g/mol. The highest BCUT2D eigenvalue weighted by Crippen LogP contribution is 2.37. The van der Waals surface area contributed by atoms with Gasteiger partial charge in [0.05, 0.1) is 17.2 Å². The van der Waals surface area contributed by atoms with Gasteiger partial charge >= 0.3 is 0 Å². The van der Waals surface area contributed by atoms with Crippen LogP contribution in [-0.2, 0) is 0 Å². The molecule has 2 aromatic heterocycles. The zero-order valence-corrected chi connectivity index (χ0v) is 14.3. The van der Waals surface area contributed by atoms with Crippen molar-refractivity contribution >= 4 is 27.2 Å². The molecule has 2 heteroatoms. The topological polar surface area (TPSA) is 17.3 Å². The van der Waals surface area contributed by atoms with Crippen LogP contribution >= 0.6 is 0 Å². The molecule has 3 aromatic carbocycles. The summed E-state index contributed by atoms with van der Waals surface area (Å²) in [7, 11) is 0. The lowest BCUT2D eigenvalue weighted by molar-refractivity contribution is 1.01. The van der Waals surface area contributed by atoms with Crippen molar-refractivity contribution in [3.63, 3.8) is 0 Å². The highest BCUT2D eigenvalue weighted by atomic mass is 15.2. The van der Waals surface area contributed by atoms with E-state index in [2.05, 4.69) is 90.2 Å². The molecule has 0 aliphatic heterocycles. The molecule has 0 aliphatic rings. The Balaban J connectivity index is 2.08. The summed E-state index contributed by atoms with van der Waals surface area (Å²) in [5.41, 5.74) is 7.42. The van der Waals surface area contributed by atoms with Crippen LogP contribution in [0.25, 0.3) is 38.3 Å². The van der Waals surface area contributed by atoms with Gasteiger partial charge in [-0.05, 0) is 48.1 Å². The van der Waals surface area contributed by atoms with Crippen LogP contribution in [0.4, 0.5) is 0 Å². The molecule has 0 amide bonds. The van der Waals surface area contributed by atoms with E-state index in [0.717, 1.165) is 11.0 Å². The van der Waals surface area contributed by atoms with Gasteiger partial charge in [-0.25, -0.2) is 4.52 Å². The van der Waals surface area contributed by atoms with E-state index in [0.29, 0.717) is 0 Å². The van der Waals surface area contributed by atoms with Gasteiger partial charge in [0.25, 0.3) is 0 Å². The average molecular weight is 322 g/mol. The standard InChI is InChI=1S/C23H18N2/c1-15-10-11-18-20(14-15)23-19(17-7-4-3-6-16(17)2)8-5-9-22(23)25-21(18)12-13-24-25/h3-14H,1-2H3. The Hall–Kier alpha value is -3.13. The first-order valence-electron chi connectivity index (χ1n) is 8.59. The van der Waals surface area contributed by atoms with E-state index >= 15 is 0 Å². The van der Waals surface area contributed by atoms with Gasteiger partial charge in [0, 0.05) is 10.8 Å². The van der Waals surface area contributed by atoms with Crippen molar-refractivity contribution in [2.24, 2.45) is 0 Å². The van der Waals surface area contributed by atoms with Gasteiger partial charge < -0.3 is 0 Å². The Bertz CT molecular complexity index is 1260. The third-order valence-corrected chi connectivity index (χ3v) is 5.07. The Kier molecular flexibility index (Phi) is 2.95. The molecule has 120 valence electrons. The van der Waals surface area contributed by atoms with Crippen molar-refractivity contribution in [1.82, 2.24) is 9.61 Å². The molecule has 2 nitrogen and oxygen atoms in total. The lowest BCUT2D eigenvalue weighted by atomic mass is 9.93. The van der Waals surface area contributed by atoms with Crippen LogP contribution in [0.5, 0.6) is 0 Å². The molecule has 2 heterocycles. The summed E-state index contributed by atoms with van der Waals surface area (Å²) in [6, 6.07) is 23.9. The Morgan fingerprint density at radius 1 is 0.720 bits per heavy atom. The summed E-state index contributed by atoms with van der Waals surface area (Å²) in [4.78, 5) is 0. The van der Waals surface area contributed by atoms with E-state index in [1.165, 1.54) is 38.4 Å². The summed E-state index contributed by atoms with van der Waals surface area (Å²) < 4.78 is 2.06. The van der Waals surface area contributed by atoms with Crippen LogP contribution in [0.2, 0.25) is 0 Å². The Morgan fingerprint density at radius 2 is 1.56 bits per heavy atom. The van der Waals surface area contributed by atoms with E-state index < -0.39 is 0 Å². The molecule has 0 aliphatic carbocycles. The minimum atomic E-state index is 1.15. The lowest BCUT2D eigenvalue weighted by Crippen LogP contribution is -1.95. The number of rotatable bonds is 1. The molecule has 5 rings (SSSR count). The summed E-state index contributed by atoms with van der Waals surface area (Å²) in [5.74, 6) is 0. The molecule has 0 radical (unpaired) electrons. The molecule has 0 spiro atoms. The quantitative estimate of drug-likeness (QED) is 0.350. The minimum absolute atomic E-state index is 1.15. The number of nitrogens with zero attached hydrogens (tertiary/aromatic N) is 2. The third-order valence-electron chi connectivity index (χ3n) is 5.07. The van der Waals surface area contributed by atoms with Crippen LogP contribution in [-0.4, -0.2) is 9.61 Å². The van der Waals surface area contributed by atoms with Crippen LogP contribution in [0.1, 0.15) is 11.1 Å². The van der Waals surface area contributed by atoms with Crippen molar-refractivity contribution < 1.29 is 0 Å². The summed E-state index contributed by atoms with van der Waals surface area (Å²) in [6.07, 6.45) is 1.88. The predicted octanol–water partition coefficient (Wildman–Crippen LogP) is 5.92. The molecule has 0 bridgehead atoms. The van der Waals surface area contributed by atoms with Crippen molar-refractivity contribution in [2.45, 2.75) is 13.8 Å². The fraction of sp³-hybridized carbons (Fsp3) is 0.0870. The van der Waals surface area contributed by atoms with E-state index in [1.807, 2.05) is 6.20 Å². The van der Waals surface area contributed by atoms with Crippen molar-refractivity contribution in [1.29, 1.82) is 0 Å². The summed E-state index contributed by atoms with van der Waals surface area (Å²) in [5, 5.41) is 8.40. The highest BCUT2D eigenvalue weighted by molar-refractivity contribution is 6.17. The van der Waals surface area contributed by atoms with Gasteiger partial charge in [-0.3, -0.25) is 0 Å². The molecule has 0 unspecified atom stereocenters. The Labute approximate surface area is 146 Å².